The fourth-order valence-electron chi connectivity index (χ4n) is 3.54. The van der Waals surface area contributed by atoms with E-state index in [0.717, 1.165) is 10.4 Å². The van der Waals surface area contributed by atoms with Crippen LogP contribution in [0.5, 0.6) is 5.75 Å². The number of carbonyl (C=O) groups is 2. The maximum absolute atomic E-state index is 12.9. The molecule has 1 fully saturated rings. The van der Waals surface area contributed by atoms with Crippen molar-refractivity contribution in [1.29, 1.82) is 0 Å². The lowest BCUT2D eigenvalue weighted by Crippen LogP contribution is -2.28. The second-order valence-corrected chi connectivity index (χ2v) is 7.69. The third-order valence-electron chi connectivity index (χ3n) is 4.93. The number of amides is 1. The van der Waals surface area contributed by atoms with Gasteiger partial charge in [-0.1, -0.05) is 6.07 Å². The Morgan fingerprint density at radius 3 is 2.69 bits per heavy atom. The Morgan fingerprint density at radius 2 is 2.07 bits per heavy atom. The Hall–Kier alpha value is -3.32. The number of hydrogen-bond donors (Lipinski definition) is 1. The molecule has 29 heavy (non-hydrogen) atoms. The lowest BCUT2D eigenvalue weighted by Gasteiger charge is -2.23. The van der Waals surface area contributed by atoms with Crippen LogP contribution in [0.4, 0.5) is 0 Å². The number of Topliss-reactive ketones (excluding diaryl/α,β-unsaturated/α-hetero) is 1. The Labute approximate surface area is 171 Å². The van der Waals surface area contributed by atoms with Crippen LogP contribution in [0, 0.1) is 6.92 Å². The molecule has 1 N–H and O–H groups in total. The molecular formula is C22H19NO5S. The monoisotopic (exact) mass is 409 g/mol. The van der Waals surface area contributed by atoms with Crippen LogP contribution < -0.4 is 4.74 Å². The van der Waals surface area contributed by atoms with Crippen LogP contribution in [0.3, 0.4) is 0 Å². The van der Waals surface area contributed by atoms with Crippen LogP contribution in [0.15, 0.2) is 64.1 Å². The zero-order chi connectivity index (χ0) is 20.5. The quantitative estimate of drug-likeness (QED) is 0.387. The molecule has 7 heteroatoms. The van der Waals surface area contributed by atoms with Gasteiger partial charge in [0.05, 0.1) is 25.5 Å². The molecule has 1 aliphatic rings. The normalized spacial score (nSPS) is 18.4. The zero-order valence-corrected chi connectivity index (χ0v) is 16.7. The Balaban J connectivity index is 1.83. The van der Waals surface area contributed by atoms with E-state index in [0.29, 0.717) is 17.1 Å². The van der Waals surface area contributed by atoms with Crippen molar-refractivity contribution in [3.63, 3.8) is 0 Å². The summed E-state index contributed by atoms with van der Waals surface area (Å²) in [5, 5.41) is 12.9. The van der Waals surface area contributed by atoms with Crippen LogP contribution in [0.1, 0.15) is 27.8 Å². The van der Waals surface area contributed by atoms with Gasteiger partial charge in [-0.05, 0) is 54.3 Å². The average molecular weight is 409 g/mol. The van der Waals surface area contributed by atoms with Gasteiger partial charge in [0.2, 0.25) is 0 Å². The summed E-state index contributed by atoms with van der Waals surface area (Å²) in [7, 11) is 1.57. The van der Waals surface area contributed by atoms with E-state index in [1.807, 2.05) is 24.4 Å². The number of furan rings is 1. The molecule has 1 amide bonds. The molecule has 4 rings (SSSR count). The van der Waals surface area contributed by atoms with Gasteiger partial charge in [0, 0.05) is 10.4 Å². The number of ether oxygens (including phenoxy) is 1. The number of thiophene rings is 1. The molecule has 1 unspecified atom stereocenters. The van der Waals surface area contributed by atoms with Crippen LogP contribution in [-0.4, -0.2) is 28.8 Å². The highest BCUT2D eigenvalue weighted by Crippen LogP contribution is 2.42. The van der Waals surface area contributed by atoms with Gasteiger partial charge in [0.1, 0.15) is 23.3 Å². The standard InChI is InChI=1S/C22H19NO5S/c1-13-11-14(7-8-16(13)27-2)20(24)18-19(17-6-4-10-29-17)23(22(26)21(18)25)12-15-5-3-9-28-15/h3-11,19,24H,12H2,1-2H3/b20-18-. The van der Waals surface area contributed by atoms with E-state index in [-0.39, 0.29) is 17.9 Å². The number of carbonyl (C=O) groups excluding carboxylic acids is 2. The largest absolute Gasteiger partial charge is 0.507 e. The lowest BCUT2D eigenvalue weighted by molar-refractivity contribution is -0.140. The maximum atomic E-state index is 12.9. The Morgan fingerprint density at radius 1 is 1.24 bits per heavy atom. The molecule has 0 spiro atoms. The van der Waals surface area contributed by atoms with E-state index in [4.69, 9.17) is 9.15 Å². The van der Waals surface area contributed by atoms with Crippen molar-refractivity contribution in [3.05, 3.63) is 81.4 Å². The van der Waals surface area contributed by atoms with Crippen molar-refractivity contribution in [2.45, 2.75) is 19.5 Å². The minimum Gasteiger partial charge on any atom is -0.507 e. The smallest absolute Gasteiger partial charge is 0.296 e. The summed E-state index contributed by atoms with van der Waals surface area (Å²) in [5.74, 6) is -0.328. The number of aliphatic hydroxyl groups excluding tert-OH is 1. The summed E-state index contributed by atoms with van der Waals surface area (Å²) in [6.45, 7) is 1.99. The summed E-state index contributed by atoms with van der Waals surface area (Å²) < 4.78 is 10.6. The van der Waals surface area contributed by atoms with Crippen molar-refractivity contribution >= 4 is 28.8 Å². The van der Waals surface area contributed by atoms with Crippen molar-refractivity contribution in [2.24, 2.45) is 0 Å². The number of rotatable bonds is 5. The molecule has 1 atom stereocenters. The molecule has 0 radical (unpaired) electrons. The third-order valence-corrected chi connectivity index (χ3v) is 5.85. The number of ketones is 1. The second-order valence-electron chi connectivity index (χ2n) is 6.71. The van der Waals surface area contributed by atoms with Crippen molar-refractivity contribution in [1.82, 2.24) is 4.90 Å². The molecule has 3 aromatic rings. The van der Waals surface area contributed by atoms with E-state index >= 15 is 0 Å². The van der Waals surface area contributed by atoms with Gasteiger partial charge in [0.25, 0.3) is 11.7 Å². The number of likely N-dealkylation sites (tertiary alicyclic amines) is 1. The van der Waals surface area contributed by atoms with Crippen molar-refractivity contribution in [2.75, 3.05) is 7.11 Å². The maximum Gasteiger partial charge on any atom is 0.296 e. The molecule has 0 saturated carbocycles. The van der Waals surface area contributed by atoms with Crippen LogP contribution in [0.2, 0.25) is 0 Å². The summed E-state index contributed by atoms with van der Waals surface area (Å²) in [6.07, 6.45) is 1.52. The third kappa shape index (κ3) is 3.34. The van der Waals surface area contributed by atoms with Crippen LogP contribution >= 0.6 is 11.3 Å². The minimum atomic E-state index is -0.707. The highest BCUT2D eigenvalue weighted by molar-refractivity contribution is 7.10. The highest BCUT2D eigenvalue weighted by Gasteiger charge is 2.46. The van der Waals surface area contributed by atoms with E-state index in [2.05, 4.69) is 0 Å². The first-order valence-electron chi connectivity index (χ1n) is 9.00. The van der Waals surface area contributed by atoms with Gasteiger partial charge >= 0.3 is 0 Å². The molecule has 2 aromatic heterocycles. The SMILES string of the molecule is COc1ccc(/C(O)=C2/C(=O)C(=O)N(Cc3ccco3)C2c2cccs2)cc1C. The summed E-state index contributed by atoms with van der Waals surface area (Å²) >= 11 is 1.42. The number of nitrogens with zero attached hydrogens (tertiary/aromatic N) is 1. The number of methoxy groups -OCH3 is 1. The van der Waals surface area contributed by atoms with Gasteiger partial charge in [0.15, 0.2) is 0 Å². The molecule has 148 valence electrons. The molecule has 0 aliphatic carbocycles. The van der Waals surface area contributed by atoms with Crippen LogP contribution in [0.25, 0.3) is 5.76 Å². The van der Waals surface area contributed by atoms with E-state index in [1.54, 1.807) is 37.4 Å². The van der Waals surface area contributed by atoms with E-state index in [1.165, 1.54) is 22.5 Å². The number of benzene rings is 1. The van der Waals surface area contributed by atoms with Gasteiger partial charge < -0.3 is 19.2 Å². The number of aliphatic hydroxyl groups is 1. The number of aryl methyl sites for hydroxylation is 1. The Bertz CT molecular complexity index is 1080. The van der Waals surface area contributed by atoms with Gasteiger partial charge in [-0.2, -0.15) is 0 Å². The van der Waals surface area contributed by atoms with Gasteiger partial charge in [-0.3, -0.25) is 9.59 Å². The zero-order valence-electron chi connectivity index (χ0n) is 15.9. The molecule has 3 heterocycles. The van der Waals surface area contributed by atoms with Gasteiger partial charge in [-0.15, -0.1) is 11.3 Å². The summed E-state index contributed by atoms with van der Waals surface area (Å²) in [4.78, 5) is 28.0. The van der Waals surface area contributed by atoms with Crippen molar-refractivity contribution in [3.8, 4) is 5.75 Å². The van der Waals surface area contributed by atoms with Crippen molar-refractivity contribution < 1.29 is 23.8 Å². The van der Waals surface area contributed by atoms with E-state index < -0.39 is 17.7 Å². The lowest BCUT2D eigenvalue weighted by atomic mass is 9.98. The number of hydrogen-bond acceptors (Lipinski definition) is 6. The first-order chi connectivity index (χ1) is 14.0. The predicted molar refractivity (Wildman–Crippen MR) is 109 cm³/mol. The molecule has 1 aliphatic heterocycles. The first kappa shape index (κ1) is 19.0. The highest BCUT2D eigenvalue weighted by atomic mass is 32.1. The summed E-state index contributed by atoms with van der Waals surface area (Å²) in [6, 6.07) is 11.6. The first-order valence-corrected chi connectivity index (χ1v) is 9.88. The molecule has 1 saturated heterocycles. The van der Waals surface area contributed by atoms with Gasteiger partial charge in [-0.25, -0.2) is 0 Å². The predicted octanol–water partition coefficient (Wildman–Crippen LogP) is 4.28. The fraction of sp³-hybridized carbons (Fsp3) is 0.182. The molecule has 6 nitrogen and oxygen atoms in total. The summed E-state index contributed by atoms with van der Waals surface area (Å²) in [5.41, 5.74) is 1.35. The average Bonchev–Trinajstić information content (AvgIpc) is 3.46. The minimum absolute atomic E-state index is 0.0774. The fourth-order valence-corrected chi connectivity index (χ4v) is 4.38. The molecule has 0 bridgehead atoms. The van der Waals surface area contributed by atoms with E-state index in [9.17, 15) is 14.7 Å². The molecule has 1 aromatic carbocycles. The van der Waals surface area contributed by atoms with Crippen LogP contribution in [-0.2, 0) is 16.1 Å². The molecular weight excluding hydrogens is 390 g/mol. The topological polar surface area (TPSA) is 80.0 Å². The second kappa shape index (κ2) is 7.60. The Kier molecular flexibility index (Phi) is 4.98.